The Kier molecular flexibility index (Phi) is 5.04. The fourth-order valence-corrected chi connectivity index (χ4v) is 2.45. The Hall–Kier alpha value is -1.52. The number of halogens is 2. The maximum absolute atomic E-state index is 11.3. The standard InChI is InChI=1S/C15H13BrClNO2/c1-20-15(19)11-4-2-10(3-5-11)9-18-14-7-6-12(16)8-13(14)17/h2-8,18H,9H2,1H3. The van der Waals surface area contributed by atoms with Crippen molar-refractivity contribution in [3.63, 3.8) is 0 Å². The minimum Gasteiger partial charge on any atom is -0.465 e. The van der Waals surface area contributed by atoms with E-state index in [0.29, 0.717) is 17.1 Å². The largest absolute Gasteiger partial charge is 0.465 e. The second-order valence-corrected chi connectivity index (χ2v) is 5.49. The van der Waals surface area contributed by atoms with Crippen LogP contribution < -0.4 is 5.32 Å². The second-order valence-electron chi connectivity index (χ2n) is 4.17. The van der Waals surface area contributed by atoms with Crippen molar-refractivity contribution in [2.45, 2.75) is 6.54 Å². The van der Waals surface area contributed by atoms with Gasteiger partial charge in [-0.05, 0) is 35.9 Å². The first-order chi connectivity index (χ1) is 9.60. The second kappa shape index (κ2) is 6.77. The van der Waals surface area contributed by atoms with Gasteiger partial charge in [-0.2, -0.15) is 0 Å². The fourth-order valence-electron chi connectivity index (χ4n) is 1.71. The van der Waals surface area contributed by atoms with E-state index >= 15 is 0 Å². The van der Waals surface area contributed by atoms with Gasteiger partial charge in [0.2, 0.25) is 0 Å². The van der Waals surface area contributed by atoms with Crippen LogP contribution in [0.3, 0.4) is 0 Å². The predicted octanol–water partition coefficient (Wildman–Crippen LogP) is 4.50. The topological polar surface area (TPSA) is 38.3 Å². The number of hydrogen-bond acceptors (Lipinski definition) is 3. The zero-order valence-electron chi connectivity index (χ0n) is 10.8. The number of anilines is 1. The molecule has 3 nitrogen and oxygen atoms in total. The number of hydrogen-bond donors (Lipinski definition) is 1. The fraction of sp³-hybridized carbons (Fsp3) is 0.133. The van der Waals surface area contributed by atoms with Gasteiger partial charge in [0, 0.05) is 11.0 Å². The van der Waals surface area contributed by atoms with Crippen molar-refractivity contribution >= 4 is 39.2 Å². The van der Waals surface area contributed by atoms with E-state index in [1.54, 1.807) is 12.1 Å². The van der Waals surface area contributed by atoms with Crippen LogP contribution in [0.4, 0.5) is 5.69 Å². The molecular weight excluding hydrogens is 342 g/mol. The van der Waals surface area contributed by atoms with Crippen molar-refractivity contribution in [3.8, 4) is 0 Å². The summed E-state index contributed by atoms with van der Waals surface area (Å²) in [5.74, 6) is -0.333. The molecule has 2 aromatic carbocycles. The van der Waals surface area contributed by atoms with Gasteiger partial charge in [-0.3, -0.25) is 0 Å². The summed E-state index contributed by atoms with van der Waals surface area (Å²) in [5, 5.41) is 3.91. The Morgan fingerprint density at radius 2 is 1.95 bits per heavy atom. The highest BCUT2D eigenvalue weighted by molar-refractivity contribution is 9.10. The van der Waals surface area contributed by atoms with Gasteiger partial charge in [-0.15, -0.1) is 0 Å². The van der Waals surface area contributed by atoms with Crippen molar-refractivity contribution in [2.75, 3.05) is 12.4 Å². The zero-order chi connectivity index (χ0) is 14.5. The Morgan fingerprint density at radius 3 is 2.55 bits per heavy atom. The van der Waals surface area contributed by atoms with Crippen LogP contribution in [0.5, 0.6) is 0 Å². The van der Waals surface area contributed by atoms with Crippen LogP contribution in [-0.2, 0) is 11.3 Å². The molecule has 0 radical (unpaired) electrons. The molecule has 0 aliphatic carbocycles. The Labute approximate surface area is 131 Å². The summed E-state index contributed by atoms with van der Waals surface area (Å²) < 4.78 is 5.60. The molecule has 104 valence electrons. The Morgan fingerprint density at radius 1 is 1.25 bits per heavy atom. The number of carbonyl (C=O) groups is 1. The summed E-state index contributed by atoms with van der Waals surface area (Å²) in [6.07, 6.45) is 0. The first-order valence-electron chi connectivity index (χ1n) is 5.96. The molecule has 0 bridgehead atoms. The maximum atomic E-state index is 11.3. The Bertz CT molecular complexity index is 614. The molecule has 0 amide bonds. The number of ether oxygens (including phenoxy) is 1. The van der Waals surface area contributed by atoms with Crippen molar-refractivity contribution in [2.24, 2.45) is 0 Å². The molecule has 0 atom stereocenters. The molecule has 2 aromatic rings. The van der Waals surface area contributed by atoms with Gasteiger partial charge in [-0.25, -0.2) is 4.79 Å². The predicted molar refractivity (Wildman–Crippen MR) is 84.3 cm³/mol. The summed E-state index contributed by atoms with van der Waals surface area (Å²) >= 11 is 9.49. The summed E-state index contributed by atoms with van der Waals surface area (Å²) in [6, 6.07) is 12.9. The third kappa shape index (κ3) is 3.74. The summed E-state index contributed by atoms with van der Waals surface area (Å²) in [7, 11) is 1.37. The van der Waals surface area contributed by atoms with Crippen molar-refractivity contribution in [1.82, 2.24) is 0 Å². The van der Waals surface area contributed by atoms with Crippen molar-refractivity contribution in [3.05, 3.63) is 63.1 Å². The molecule has 0 saturated carbocycles. The van der Waals surface area contributed by atoms with Gasteiger partial charge in [0.1, 0.15) is 0 Å². The lowest BCUT2D eigenvalue weighted by molar-refractivity contribution is 0.0600. The Balaban J connectivity index is 2.02. The molecule has 0 fully saturated rings. The first-order valence-corrected chi connectivity index (χ1v) is 7.13. The third-order valence-electron chi connectivity index (χ3n) is 2.79. The highest BCUT2D eigenvalue weighted by Gasteiger charge is 2.05. The molecule has 5 heteroatoms. The van der Waals surface area contributed by atoms with Gasteiger partial charge in [0.25, 0.3) is 0 Å². The molecule has 2 rings (SSSR count). The van der Waals surface area contributed by atoms with Crippen molar-refractivity contribution in [1.29, 1.82) is 0 Å². The normalized spacial score (nSPS) is 10.2. The number of methoxy groups -OCH3 is 1. The lowest BCUT2D eigenvalue weighted by Crippen LogP contribution is -2.03. The van der Waals surface area contributed by atoms with Gasteiger partial charge < -0.3 is 10.1 Å². The van der Waals surface area contributed by atoms with Crippen LogP contribution in [0.15, 0.2) is 46.9 Å². The average molecular weight is 355 g/mol. The van der Waals surface area contributed by atoms with Gasteiger partial charge in [-0.1, -0.05) is 39.7 Å². The number of rotatable bonds is 4. The quantitative estimate of drug-likeness (QED) is 0.822. The molecule has 0 unspecified atom stereocenters. The van der Waals surface area contributed by atoms with Gasteiger partial charge in [0.15, 0.2) is 0 Å². The number of nitrogens with one attached hydrogen (secondary N) is 1. The first kappa shape index (κ1) is 14.9. The van der Waals surface area contributed by atoms with Crippen molar-refractivity contribution < 1.29 is 9.53 Å². The van der Waals surface area contributed by atoms with E-state index in [0.717, 1.165) is 15.7 Å². The minimum atomic E-state index is -0.333. The van der Waals surface area contributed by atoms with E-state index in [-0.39, 0.29) is 5.97 Å². The van der Waals surface area contributed by atoms with Crippen LogP contribution in [0.25, 0.3) is 0 Å². The van der Waals surface area contributed by atoms with E-state index in [4.69, 9.17) is 11.6 Å². The van der Waals surface area contributed by atoms with E-state index in [1.165, 1.54) is 7.11 Å². The van der Waals surface area contributed by atoms with Crippen LogP contribution in [0, 0.1) is 0 Å². The van der Waals surface area contributed by atoms with Gasteiger partial charge >= 0.3 is 5.97 Å². The van der Waals surface area contributed by atoms with E-state index in [2.05, 4.69) is 26.0 Å². The van der Waals surface area contributed by atoms with Crippen LogP contribution in [0.1, 0.15) is 15.9 Å². The van der Waals surface area contributed by atoms with Gasteiger partial charge in [0.05, 0.1) is 23.4 Å². The molecular formula is C15H13BrClNO2. The summed E-state index contributed by atoms with van der Waals surface area (Å²) in [6.45, 7) is 0.628. The van der Waals surface area contributed by atoms with E-state index < -0.39 is 0 Å². The smallest absolute Gasteiger partial charge is 0.337 e. The average Bonchev–Trinajstić information content (AvgIpc) is 2.46. The number of carbonyl (C=O) groups excluding carboxylic acids is 1. The van der Waals surface area contributed by atoms with Crippen LogP contribution in [-0.4, -0.2) is 13.1 Å². The zero-order valence-corrected chi connectivity index (χ0v) is 13.2. The molecule has 0 spiro atoms. The van der Waals surface area contributed by atoms with E-state index in [1.807, 2.05) is 30.3 Å². The van der Waals surface area contributed by atoms with Crippen LogP contribution in [0.2, 0.25) is 5.02 Å². The molecule has 0 saturated heterocycles. The van der Waals surface area contributed by atoms with Crippen LogP contribution >= 0.6 is 27.5 Å². The highest BCUT2D eigenvalue weighted by Crippen LogP contribution is 2.26. The molecule has 20 heavy (non-hydrogen) atoms. The lowest BCUT2D eigenvalue weighted by Gasteiger charge is -2.09. The number of benzene rings is 2. The maximum Gasteiger partial charge on any atom is 0.337 e. The molecule has 0 aliphatic rings. The monoisotopic (exact) mass is 353 g/mol. The third-order valence-corrected chi connectivity index (χ3v) is 3.60. The molecule has 0 aromatic heterocycles. The summed E-state index contributed by atoms with van der Waals surface area (Å²) in [4.78, 5) is 11.3. The SMILES string of the molecule is COC(=O)c1ccc(CNc2ccc(Br)cc2Cl)cc1. The van der Waals surface area contributed by atoms with E-state index in [9.17, 15) is 4.79 Å². The molecule has 1 N–H and O–H groups in total. The minimum absolute atomic E-state index is 0.333. The molecule has 0 aliphatic heterocycles. The lowest BCUT2D eigenvalue weighted by atomic mass is 10.1. The highest BCUT2D eigenvalue weighted by atomic mass is 79.9. The molecule has 0 heterocycles. The summed E-state index contributed by atoms with van der Waals surface area (Å²) in [5.41, 5.74) is 2.46. The number of esters is 1.